The Balaban J connectivity index is 1.86. The van der Waals surface area contributed by atoms with Gasteiger partial charge in [0.1, 0.15) is 0 Å². The monoisotopic (exact) mass is 507 g/mol. The number of nitrogens with zero attached hydrogens (tertiary/aromatic N) is 5. The first kappa shape index (κ1) is 24.5. The number of rotatable bonds is 9. The van der Waals surface area contributed by atoms with E-state index in [1.54, 1.807) is 23.6 Å². The summed E-state index contributed by atoms with van der Waals surface area (Å²) in [6.45, 7) is 7.29. The van der Waals surface area contributed by atoms with Crippen molar-refractivity contribution in [1.29, 1.82) is 0 Å². The number of carbonyl (C=O) groups is 1. The average Bonchev–Trinajstić information content (AvgIpc) is 3.20. The van der Waals surface area contributed by atoms with Crippen LogP contribution >= 0.6 is 23.2 Å². The fraction of sp³-hybridized carbons (Fsp3) is 0.478. The minimum absolute atomic E-state index is 0.137. The summed E-state index contributed by atoms with van der Waals surface area (Å²) in [6.07, 6.45) is 1.87. The number of esters is 1. The molecular weight excluding hydrogens is 481 g/mol. The third-order valence-electron chi connectivity index (χ3n) is 5.38. The molecule has 0 unspecified atom stereocenters. The second-order valence-electron chi connectivity index (χ2n) is 7.79. The van der Waals surface area contributed by atoms with E-state index in [0.29, 0.717) is 59.9 Å². The second-order valence-corrected chi connectivity index (χ2v) is 8.61. The number of unbranched alkanes of at least 4 members (excludes halogenated alkanes) is 1. The van der Waals surface area contributed by atoms with E-state index >= 15 is 0 Å². The second kappa shape index (κ2) is 11.2. The number of aromatic nitrogens is 4. The average molecular weight is 508 g/mol. The van der Waals surface area contributed by atoms with Gasteiger partial charge in [-0.2, -0.15) is 9.97 Å². The molecule has 0 atom stereocenters. The fourth-order valence-corrected chi connectivity index (χ4v) is 3.98. The number of fused-ring (bicyclic) bond motifs is 1. The van der Waals surface area contributed by atoms with Crippen molar-refractivity contribution in [2.45, 2.75) is 33.2 Å². The molecule has 11 heteroatoms. The summed E-state index contributed by atoms with van der Waals surface area (Å²) < 4.78 is 18.4. The van der Waals surface area contributed by atoms with E-state index in [4.69, 9.17) is 37.4 Å². The minimum atomic E-state index is -0.540. The van der Waals surface area contributed by atoms with Crippen molar-refractivity contribution in [3.8, 4) is 6.01 Å². The summed E-state index contributed by atoms with van der Waals surface area (Å²) >= 11 is 12.3. The minimum Gasteiger partial charge on any atom is -0.463 e. The molecule has 182 valence electrons. The Labute approximate surface area is 207 Å². The lowest BCUT2D eigenvalue weighted by atomic mass is 10.2. The highest BCUT2D eigenvalue weighted by molar-refractivity contribution is 6.42. The molecule has 1 aromatic carbocycles. The lowest BCUT2D eigenvalue weighted by molar-refractivity contribution is 0.0507. The van der Waals surface area contributed by atoms with Crippen molar-refractivity contribution in [2.24, 2.45) is 0 Å². The Morgan fingerprint density at radius 2 is 1.91 bits per heavy atom. The van der Waals surface area contributed by atoms with Crippen molar-refractivity contribution >= 4 is 46.2 Å². The number of carbonyl (C=O) groups excluding carboxylic acids is 1. The van der Waals surface area contributed by atoms with Crippen LogP contribution in [-0.4, -0.2) is 65.0 Å². The van der Waals surface area contributed by atoms with E-state index in [2.05, 4.69) is 26.8 Å². The van der Waals surface area contributed by atoms with Gasteiger partial charge in [0.25, 0.3) is 0 Å². The third kappa shape index (κ3) is 5.37. The van der Waals surface area contributed by atoms with Crippen molar-refractivity contribution in [3.63, 3.8) is 0 Å². The molecular formula is C23H27Cl2N5O4. The molecule has 4 rings (SSSR count). The zero-order chi connectivity index (χ0) is 24.1. The van der Waals surface area contributed by atoms with E-state index < -0.39 is 5.97 Å². The first-order valence-electron chi connectivity index (χ1n) is 11.4. The van der Waals surface area contributed by atoms with Gasteiger partial charge in [0, 0.05) is 13.1 Å². The summed E-state index contributed by atoms with van der Waals surface area (Å²) in [4.78, 5) is 28.9. The van der Waals surface area contributed by atoms with Gasteiger partial charge in [0.15, 0.2) is 17.0 Å². The summed E-state index contributed by atoms with van der Waals surface area (Å²) in [5.41, 5.74) is 1.82. The molecule has 0 bridgehead atoms. The quantitative estimate of drug-likeness (QED) is 0.311. The molecule has 1 aliphatic heterocycles. The molecule has 0 saturated carbocycles. The smallest absolute Gasteiger partial charge is 0.374 e. The van der Waals surface area contributed by atoms with E-state index in [0.717, 1.165) is 18.4 Å². The van der Waals surface area contributed by atoms with E-state index in [1.807, 2.05) is 6.07 Å². The molecule has 2 aromatic heterocycles. The lowest BCUT2D eigenvalue weighted by Gasteiger charge is -2.28. The van der Waals surface area contributed by atoms with Gasteiger partial charge in [-0.3, -0.25) is 4.57 Å². The Kier molecular flexibility index (Phi) is 8.07. The Morgan fingerprint density at radius 1 is 1.12 bits per heavy atom. The van der Waals surface area contributed by atoms with E-state index in [9.17, 15) is 4.79 Å². The van der Waals surface area contributed by atoms with Crippen LogP contribution in [0.2, 0.25) is 10.0 Å². The summed E-state index contributed by atoms with van der Waals surface area (Å²) in [5, 5.41) is 0.878. The number of hydrogen-bond acceptors (Lipinski definition) is 8. The Hall–Kier alpha value is -2.62. The molecule has 34 heavy (non-hydrogen) atoms. The van der Waals surface area contributed by atoms with Crippen molar-refractivity contribution in [3.05, 3.63) is 39.6 Å². The number of ether oxygens (including phenoxy) is 3. The van der Waals surface area contributed by atoms with Crippen molar-refractivity contribution in [2.75, 3.05) is 44.4 Å². The summed E-state index contributed by atoms with van der Waals surface area (Å²) in [5.74, 6) is 0.206. The molecule has 0 radical (unpaired) electrons. The van der Waals surface area contributed by atoms with Crippen LogP contribution in [0.5, 0.6) is 6.01 Å². The highest BCUT2D eigenvalue weighted by atomic mass is 35.5. The lowest BCUT2D eigenvalue weighted by Crippen LogP contribution is -2.37. The molecule has 0 aliphatic carbocycles. The topological polar surface area (TPSA) is 91.6 Å². The summed E-state index contributed by atoms with van der Waals surface area (Å²) in [6, 6.07) is 5.56. The fourth-order valence-electron chi connectivity index (χ4n) is 3.66. The highest BCUT2D eigenvalue weighted by Crippen LogP contribution is 2.29. The van der Waals surface area contributed by atoms with Gasteiger partial charge >= 0.3 is 12.0 Å². The normalized spacial score (nSPS) is 13.9. The Bertz CT molecular complexity index is 1160. The number of halogens is 2. The molecule has 1 fully saturated rings. The molecule has 0 N–H and O–H groups in total. The van der Waals surface area contributed by atoms with Crippen LogP contribution in [0.4, 0.5) is 5.82 Å². The standard InChI is InChI=1S/C23H27Cl2N5O4/c1-3-5-10-34-23-27-19(29-8-11-32-12-9-29)18-20(28-23)30(21(26-18)22(31)33-4-2)14-15-6-7-16(24)17(25)13-15/h6-7,13H,3-5,8-12,14H2,1-2H3. The first-order valence-corrected chi connectivity index (χ1v) is 12.1. The molecule has 1 saturated heterocycles. The van der Waals surface area contributed by atoms with Crippen LogP contribution in [0.15, 0.2) is 18.2 Å². The predicted molar refractivity (Wildman–Crippen MR) is 130 cm³/mol. The van der Waals surface area contributed by atoms with Crippen LogP contribution in [-0.2, 0) is 16.0 Å². The number of hydrogen-bond donors (Lipinski definition) is 0. The van der Waals surface area contributed by atoms with Gasteiger partial charge in [-0.25, -0.2) is 9.78 Å². The molecule has 9 nitrogen and oxygen atoms in total. The summed E-state index contributed by atoms with van der Waals surface area (Å²) in [7, 11) is 0. The van der Waals surface area contributed by atoms with Crippen molar-refractivity contribution < 1.29 is 19.0 Å². The molecule has 0 amide bonds. The van der Waals surface area contributed by atoms with Crippen LogP contribution in [0, 0.1) is 0 Å². The number of anilines is 1. The van der Waals surface area contributed by atoms with Gasteiger partial charge in [-0.05, 0) is 31.0 Å². The third-order valence-corrected chi connectivity index (χ3v) is 6.12. The maximum atomic E-state index is 12.9. The molecule has 1 aliphatic rings. The SMILES string of the molecule is CCCCOc1nc(N2CCOCC2)c2nc(C(=O)OCC)n(Cc3ccc(Cl)c(Cl)c3)c2n1. The zero-order valence-electron chi connectivity index (χ0n) is 19.2. The zero-order valence-corrected chi connectivity index (χ0v) is 20.7. The van der Waals surface area contributed by atoms with Gasteiger partial charge in [-0.15, -0.1) is 0 Å². The largest absolute Gasteiger partial charge is 0.463 e. The highest BCUT2D eigenvalue weighted by Gasteiger charge is 2.27. The Morgan fingerprint density at radius 3 is 2.62 bits per heavy atom. The van der Waals surface area contributed by atoms with Crippen molar-refractivity contribution in [1.82, 2.24) is 19.5 Å². The van der Waals surface area contributed by atoms with Crippen LogP contribution < -0.4 is 9.64 Å². The van der Waals surface area contributed by atoms with E-state index in [-0.39, 0.29) is 25.0 Å². The molecule has 3 heterocycles. The number of imidazole rings is 1. The maximum Gasteiger partial charge on any atom is 0.374 e. The van der Waals surface area contributed by atoms with Crippen LogP contribution in [0.3, 0.4) is 0 Å². The van der Waals surface area contributed by atoms with Crippen LogP contribution in [0.1, 0.15) is 42.9 Å². The van der Waals surface area contributed by atoms with E-state index in [1.165, 1.54) is 0 Å². The van der Waals surface area contributed by atoms with Crippen LogP contribution in [0.25, 0.3) is 11.2 Å². The van der Waals surface area contributed by atoms with Gasteiger partial charge in [-0.1, -0.05) is 42.6 Å². The molecule has 3 aromatic rings. The number of benzene rings is 1. The number of morpholine rings is 1. The van der Waals surface area contributed by atoms with Gasteiger partial charge in [0.05, 0.1) is 43.0 Å². The molecule has 0 spiro atoms. The maximum absolute atomic E-state index is 12.9. The predicted octanol–water partition coefficient (Wildman–Crippen LogP) is 4.37. The van der Waals surface area contributed by atoms with Gasteiger partial charge < -0.3 is 19.1 Å². The first-order chi connectivity index (χ1) is 16.5. The van der Waals surface area contributed by atoms with Gasteiger partial charge in [0.2, 0.25) is 5.82 Å².